The number of amides is 2. The number of ketones is 1. The van der Waals surface area contributed by atoms with Crippen LogP contribution >= 0.6 is 0 Å². The van der Waals surface area contributed by atoms with Crippen molar-refractivity contribution in [1.29, 1.82) is 0 Å². The molecule has 0 spiro atoms. The smallest absolute Gasteiger partial charge is 0.306 e. The zero-order valence-electron chi connectivity index (χ0n) is 19.1. The maximum atomic E-state index is 12.9. The fourth-order valence-corrected chi connectivity index (χ4v) is 2.83. The summed E-state index contributed by atoms with van der Waals surface area (Å²) >= 11 is 0. The molecule has 0 aliphatic rings. The second-order valence-corrected chi connectivity index (χ2v) is 7.50. The Balaban J connectivity index is 1.61. The number of carbonyl (C=O) groups excluding carboxylic acids is 4. The highest BCUT2D eigenvalue weighted by atomic mass is 19.1. The first-order valence-electron chi connectivity index (χ1n) is 11.1. The molecule has 2 rings (SSSR count). The molecule has 0 aliphatic heterocycles. The third kappa shape index (κ3) is 10.2. The van der Waals surface area contributed by atoms with E-state index in [1.54, 1.807) is 24.3 Å². The average Bonchev–Trinajstić information content (AvgIpc) is 2.84. The summed E-state index contributed by atoms with van der Waals surface area (Å²) in [7, 11) is 0. The van der Waals surface area contributed by atoms with Crippen LogP contribution in [0.2, 0.25) is 0 Å². The van der Waals surface area contributed by atoms with Crippen molar-refractivity contribution in [2.75, 3.05) is 25.1 Å². The van der Waals surface area contributed by atoms with Gasteiger partial charge in [-0.3, -0.25) is 19.2 Å². The Labute approximate surface area is 197 Å². The third-order valence-electron chi connectivity index (χ3n) is 4.69. The molecule has 0 atom stereocenters. The molecule has 0 unspecified atom stereocenters. The van der Waals surface area contributed by atoms with E-state index < -0.39 is 30.2 Å². The minimum Gasteiger partial charge on any atom is -0.494 e. The molecule has 34 heavy (non-hydrogen) atoms. The first-order valence-corrected chi connectivity index (χ1v) is 11.1. The normalized spacial score (nSPS) is 10.3. The number of Topliss-reactive ketones (excluding diaryl/α,β-unsaturated/α-hetero) is 1. The van der Waals surface area contributed by atoms with Gasteiger partial charge in [-0.2, -0.15) is 0 Å². The van der Waals surface area contributed by atoms with Gasteiger partial charge in [0.2, 0.25) is 5.91 Å². The van der Waals surface area contributed by atoms with Gasteiger partial charge in [-0.05, 0) is 55.0 Å². The average molecular weight is 473 g/mol. The summed E-state index contributed by atoms with van der Waals surface area (Å²) in [5, 5.41) is 4.79. The van der Waals surface area contributed by atoms with Crippen molar-refractivity contribution in [2.45, 2.75) is 39.0 Å². The summed E-state index contributed by atoms with van der Waals surface area (Å²) in [6.45, 7) is 1.83. The van der Waals surface area contributed by atoms with E-state index in [0.717, 1.165) is 19.3 Å². The molecular weight excluding hydrogens is 443 g/mol. The van der Waals surface area contributed by atoms with Crippen LogP contribution in [0.3, 0.4) is 0 Å². The Bertz CT molecular complexity index is 960. The van der Waals surface area contributed by atoms with Crippen LogP contribution in [0.1, 0.15) is 49.4 Å². The van der Waals surface area contributed by atoms with Crippen molar-refractivity contribution in [3.05, 3.63) is 59.9 Å². The lowest BCUT2D eigenvalue weighted by atomic mass is 10.1. The lowest BCUT2D eigenvalue weighted by Gasteiger charge is -2.08. The zero-order valence-corrected chi connectivity index (χ0v) is 19.1. The number of hydrogen-bond acceptors (Lipinski definition) is 6. The molecule has 0 aliphatic carbocycles. The number of rotatable bonds is 14. The molecule has 2 amide bonds. The van der Waals surface area contributed by atoms with Crippen molar-refractivity contribution in [1.82, 2.24) is 5.32 Å². The summed E-state index contributed by atoms with van der Waals surface area (Å²) < 4.78 is 23.3. The summed E-state index contributed by atoms with van der Waals surface area (Å²) in [5.74, 6) is -1.86. The van der Waals surface area contributed by atoms with Crippen LogP contribution in [0.5, 0.6) is 5.75 Å². The number of hydrogen-bond donors (Lipinski definition) is 2. The van der Waals surface area contributed by atoms with E-state index in [1.165, 1.54) is 24.3 Å². The number of nitrogens with one attached hydrogen (secondary N) is 2. The SMILES string of the molecule is CCCCCOc1ccc(C(=O)CCC(=O)OCC(=O)NCC(=O)Nc2ccc(F)cc2)cc1. The highest BCUT2D eigenvalue weighted by Crippen LogP contribution is 2.15. The molecule has 0 aromatic heterocycles. The highest BCUT2D eigenvalue weighted by Gasteiger charge is 2.13. The number of esters is 1. The Morgan fingerprint density at radius 1 is 0.882 bits per heavy atom. The largest absolute Gasteiger partial charge is 0.494 e. The van der Waals surface area contributed by atoms with Crippen LogP contribution in [-0.2, 0) is 19.1 Å². The molecule has 182 valence electrons. The van der Waals surface area contributed by atoms with Gasteiger partial charge >= 0.3 is 5.97 Å². The summed E-state index contributed by atoms with van der Waals surface area (Å²) in [4.78, 5) is 47.6. The molecule has 0 saturated carbocycles. The van der Waals surface area contributed by atoms with E-state index >= 15 is 0 Å². The Morgan fingerprint density at radius 2 is 1.59 bits per heavy atom. The molecule has 0 heterocycles. The summed E-state index contributed by atoms with van der Waals surface area (Å²) in [6.07, 6.45) is 2.95. The number of anilines is 1. The van der Waals surface area contributed by atoms with E-state index in [1.807, 2.05) is 0 Å². The molecular formula is C25H29FN2O6. The molecule has 2 aromatic rings. The fourth-order valence-electron chi connectivity index (χ4n) is 2.83. The number of carbonyl (C=O) groups is 4. The van der Waals surface area contributed by atoms with Crippen LogP contribution in [-0.4, -0.2) is 43.3 Å². The van der Waals surface area contributed by atoms with Gasteiger partial charge in [0.15, 0.2) is 12.4 Å². The number of unbranched alkanes of at least 4 members (excludes halogenated alkanes) is 2. The van der Waals surface area contributed by atoms with Gasteiger partial charge in [0.1, 0.15) is 11.6 Å². The quantitative estimate of drug-likeness (QED) is 0.247. The van der Waals surface area contributed by atoms with Crippen LogP contribution in [0.15, 0.2) is 48.5 Å². The molecule has 0 saturated heterocycles. The predicted molar refractivity (Wildman–Crippen MR) is 124 cm³/mol. The lowest BCUT2D eigenvalue weighted by Crippen LogP contribution is -2.35. The highest BCUT2D eigenvalue weighted by molar-refractivity contribution is 5.98. The minimum atomic E-state index is -0.699. The van der Waals surface area contributed by atoms with Crippen LogP contribution < -0.4 is 15.4 Å². The standard InChI is InChI=1S/C25H29FN2O6/c1-2-3-4-15-33-21-11-5-18(6-12-21)22(29)13-14-25(32)34-17-24(31)27-16-23(30)28-20-9-7-19(26)8-10-20/h5-12H,2-4,13-17H2,1H3,(H,27,31)(H,28,30). The van der Waals surface area contributed by atoms with Crippen molar-refractivity contribution >= 4 is 29.3 Å². The molecule has 0 radical (unpaired) electrons. The Hall–Kier alpha value is -3.75. The van der Waals surface area contributed by atoms with Crippen molar-refractivity contribution < 1.29 is 33.0 Å². The van der Waals surface area contributed by atoms with E-state index in [4.69, 9.17) is 9.47 Å². The fraction of sp³-hybridized carbons (Fsp3) is 0.360. The van der Waals surface area contributed by atoms with Gasteiger partial charge in [0.25, 0.3) is 5.91 Å². The number of ether oxygens (including phenoxy) is 2. The molecule has 9 heteroatoms. The van der Waals surface area contributed by atoms with Gasteiger partial charge in [-0.25, -0.2) is 4.39 Å². The van der Waals surface area contributed by atoms with E-state index in [2.05, 4.69) is 17.6 Å². The Morgan fingerprint density at radius 3 is 2.26 bits per heavy atom. The monoisotopic (exact) mass is 472 g/mol. The van der Waals surface area contributed by atoms with Gasteiger partial charge in [0.05, 0.1) is 19.6 Å². The van der Waals surface area contributed by atoms with Crippen LogP contribution in [0.25, 0.3) is 0 Å². The topological polar surface area (TPSA) is 111 Å². The molecule has 8 nitrogen and oxygen atoms in total. The zero-order chi connectivity index (χ0) is 24.8. The van der Waals surface area contributed by atoms with E-state index in [0.29, 0.717) is 23.6 Å². The van der Waals surface area contributed by atoms with Gasteiger partial charge in [-0.15, -0.1) is 0 Å². The third-order valence-corrected chi connectivity index (χ3v) is 4.69. The molecule has 0 fully saturated rings. The van der Waals surface area contributed by atoms with Gasteiger partial charge in [0, 0.05) is 17.7 Å². The first kappa shape index (κ1) is 26.5. The lowest BCUT2D eigenvalue weighted by molar-refractivity contribution is -0.148. The second kappa shape index (κ2) is 14.4. The van der Waals surface area contributed by atoms with Crippen LogP contribution in [0.4, 0.5) is 10.1 Å². The van der Waals surface area contributed by atoms with Crippen molar-refractivity contribution in [3.63, 3.8) is 0 Å². The number of benzene rings is 2. The maximum Gasteiger partial charge on any atom is 0.306 e. The van der Waals surface area contributed by atoms with Crippen LogP contribution in [0, 0.1) is 5.82 Å². The predicted octanol–water partition coefficient (Wildman–Crippen LogP) is 3.66. The van der Waals surface area contributed by atoms with E-state index in [9.17, 15) is 23.6 Å². The van der Waals surface area contributed by atoms with Gasteiger partial charge < -0.3 is 20.1 Å². The van der Waals surface area contributed by atoms with Gasteiger partial charge in [-0.1, -0.05) is 19.8 Å². The minimum absolute atomic E-state index is 0.0583. The van der Waals surface area contributed by atoms with Crippen molar-refractivity contribution in [2.24, 2.45) is 0 Å². The maximum absolute atomic E-state index is 12.9. The summed E-state index contributed by atoms with van der Waals surface area (Å²) in [6, 6.07) is 11.9. The Kier molecular flexibility index (Phi) is 11.2. The molecule has 2 N–H and O–H groups in total. The number of halogens is 1. The van der Waals surface area contributed by atoms with Crippen molar-refractivity contribution in [3.8, 4) is 5.75 Å². The molecule has 0 bridgehead atoms. The second-order valence-electron chi connectivity index (χ2n) is 7.50. The first-order chi connectivity index (χ1) is 16.4. The summed E-state index contributed by atoms with van der Waals surface area (Å²) in [5.41, 5.74) is 0.838. The molecule has 2 aromatic carbocycles. The van der Waals surface area contributed by atoms with E-state index in [-0.39, 0.29) is 25.2 Å².